The van der Waals surface area contributed by atoms with Crippen molar-refractivity contribution in [3.63, 3.8) is 0 Å². The van der Waals surface area contributed by atoms with Crippen LogP contribution in [0, 0.1) is 0 Å². The predicted molar refractivity (Wildman–Crippen MR) is 103 cm³/mol. The monoisotopic (exact) mass is 337 g/mol. The maximum atomic E-state index is 5.94. The van der Waals surface area contributed by atoms with Gasteiger partial charge in [0.05, 0.1) is 19.8 Å². The van der Waals surface area contributed by atoms with Crippen molar-refractivity contribution >= 4 is 6.08 Å². The number of hydrogen-bond donors (Lipinski definition) is 1. The van der Waals surface area contributed by atoms with Gasteiger partial charge in [-0.15, -0.1) is 0 Å². The van der Waals surface area contributed by atoms with Crippen LogP contribution in [-0.2, 0) is 6.42 Å². The van der Waals surface area contributed by atoms with Crippen LogP contribution in [-0.4, -0.2) is 20.3 Å². The van der Waals surface area contributed by atoms with E-state index in [2.05, 4.69) is 60.8 Å². The van der Waals surface area contributed by atoms with Crippen molar-refractivity contribution in [1.29, 1.82) is 0 Å². The molecule has 1 unspecified atom stereocenters. The summed E-state index contributed by atoms with van der Waals surface area (Å²) in [6.07, 6.45) is 7.60. The van der Waals surface area contributed by atoms with Crippen LogP contribution < -0.4 is 14.8 Å². The molecule has 0 spiro atoms. The van der Waals surface area contributed by atoms with Gasteiger partial charge in [0.1, 0.15) is 0 Å². The zero-order valence-electron chi connectivity index (χ0n) is 15.1. The van der Waals surface area contributed by atoms with Crippen LogP contribution in [0.15, 0.2) is 48.5 Å². The average molecular weight is 337 g/mol. The summed E-state index contributed by atoms with van der Waals surface area (Å²) >= 11 is 0. The van der Waals surface area contributed by atoms with E-state index >= 15 is 0 Å². The van der Waals surface area contributed by atoms with Gasteiger partial charge in [0, 0.05) is 6.54 Å². The second-order valence-corrected chi connectivity index (χ2v) is 6.36. The highest BCUT2D eigenvalue weighted by Crippen LogP contribution is 2.36. The number of ether oxygens (including phenoxy) is 2. The van der Waals surface area contributed by atoms with Gasteiger partial charge in [-0.3, -0.25) is 0 Å². The molecule has 0 amide bonds. The number of nitrogens with one attached hydrogen (secondary N) is 1. The Morgan fingerprint density at radius 1 is 1.16 bits per heavy atom. The van der Waals surface area contributed by atoms with Crippen molar-refractivity contribution in [2.75, 3.05) is 20.3 Å². The topological polar surface area (TPSA) is 30.5 Å². The average Bonchev–Trinajstić information content (AvgIpc) is 2.66. The molecule has 1 heterocycles. The lowest BCUT2D eigenvalue weighted by Gasteiger charge is -2.26. The van der Waals surface area contributed by atoms with E-state index in [9.17, 15) is 0 Å². The highest BCUT2D eigenvalue weighted by molar-refractivity contribution is 5.54. The summed E-state index contributed by atoms with van der Waals surface area (Å²) in [6.45, 7) is 3.88. The third-order valence-electron chi connectivity index (χ3n) is 4.56. The van der Waals surface area contributed by atoms with Gasteiger partial charge in [0.2, 0.25) is 0 Å². The van der Waals surface area contributed by atoms with Gasteiger partial charge in [0.25, 0.3) is 0 Å². The first kappa shape index (κ1) is 17.6. The summed E-state index contributed by atoms with van der Waals surface area (Å²) in [4.78, 5) is 0. The van der Waals surface area contributed by atoms with E-state index in [4.69, 9.17) is 9.47 Å². The molecular formula is C22H27NO2. The lowest BCUT2D eigenvalue weighted by atomic mass is 9.93. The summed E-state index contributed by atoms with van der Waals surface area (Å²) in [5.74, 6) is 1.68. The Balaban J connectivity index is 1.83. The molecule has 1 N–H and O–H groups in total. The number of rotatable bonds is 7. The molecule has 1 atom stereocenters. The number of unbranched alkanes of at least 4 members (excludes halogenated alkanes) is 1. The van der Waals surface area contributed by atoms with E-state index in [1.54, 1.807) is 7.11 Å². The largest absolute Gasteiger partial charge is 0.493 e. The molecule has 25 heavy (non-hydrogen) atoms. The molecule has 2 aromatic carbocycles. The minimum absolute atomic E-state index is 0.197. The molecule has 0 aliphatic carbocycles. The van der Waals surface area contributed by atoms with Gasteiger partial charge in [-0.1, -0.05) is 55.8 Å². The molecule has 3 rings (SSSR count). The Morgan fingerprint density at radius 3 is 2.76 bits per heavy atom. The Labute approximate surface area is 150 Å². The van der Waals surface area contributed by atoms with Crippen molar-refractivity contribution in [1.82, 2.24) is 5.32 Å². The first-order chi connectivity index (χ1) is 12.3. The minimum Gasteiger partial charge on any atom is -0.493 e. The quantitative estimate of drug-likeness (QED) is 0.738. The molecular weight excluding hydrogens is 310 g/mol. The molecule has 0 radical (unpaired) electrons. The highest BCUT2D eigenvalue weighted by atomic mass is 16.5. The Kier molecular flexibility index (Phi) is 6.13. The summed E-state index contributed by atoms with van der Waals surface area (Å²) < 4.78 is 11.5. The van der Waals surface area contributed by atoms with E-state index in [0.29, 0.717) is 0 Å². The van der Waals surface area contributed by atoms with Crippen LogP contribution in [0.3, 0.4) is 0 Å². The van der Waals surface area contributed by atoms with E-state index < -0.39 is 0 Å². The fourth-order valence-corrected chi connectivity index (χ4v) is 3.14. The minimum atomic E-state index is 0.197. The van der Waals surface area contributed by atoms with Gasteiger partial charge >= 0.3 is 0 Å². The number of hydrogen-bond acceptors (Lipinski definition) is 3. The van der Waals surface area contributed by atoms with Crippen molar-refractivity contribution < 1.29 is 9.47 Å². The van der Waals surface area contributed by atoms with Crippen molar-refractivity contribution in [3.8, 4) is 11.5 Å². The first-order valence-corrected chi connectivity index (χ1v) is 9.12. The maximum absolute atomic E-state index is 5.94. The molecule has 1 aliphatic heterocycles. The van der Waals surface area contributed by atoms with E-state index in [1.807, 2.05) is 6.07 Å². The zero-order chi connectivity index (χ0) is 17.5. The Bertz CT molecular complexity index is 709. The van der Waals surface area contributed by atoms with Crippen LogP contribution in [0.5, 0.6) is 11.5 Å². The third-order valence-corrected chi connectivity index (χ3v) is 4.56. The molecule has 1 aliphatic rings. The van der Waals surface area contributed by atoms with E-state index in [-0.39, 0.29) is 6.04 Å². The van der Waals surface area contributed by atoms with Crippen molar-refractivity contribution in [2.24, 2.45) is 0 Å². The van der Waals surface area contributed by atoms with Crippen LogP contribution in [0.1, 0.15) is 42.5 Å². The summed E-state index contributed by atoms with van der Waals surface area (Å²) in [5.41, 5.74) is 3.83. The summed E-state index contributed by atoms with van der Waals surface area (Å²) in [6, 6.07) is 14.9. The molecule has 3 heteroatoms. The van der Waals surface area contributed by atoms with Gasteiger partial charge < -0.3 is 14.8 Å². The van der Waals surface area contributed by atoms with Crippen LogP contribution in [0.2, 0.25) is 0 Å². The smallest absolute Gasteiger partial charge is 0.161 e. The summed E-state index contributed by atoms with van der Waals surface area (Å²) in [5, 5.41) is 3.59. The Hall–Kier alpha value is -2.26. The SMILES string of the molecule is CCCCOc1cc2c(cc1OC)C(/C=C/c1ccccc1)NCC2. The second kappa shape index (κ2) is 8.72. The fourth-order valence-electron chi connectivity index (χ4n) is 3.14. The maximum Gasteiger partial charge on any atom is 0.161 e. The Morgan fingerprint density at radius 2 is 2.00 bits per heavy atom. The molecule has 0 saturated heterocycles. The van der Waals surface area contributed by atoms with E-state index in [0.717, 1.165) is 43.9 Å². The van der Waals surface area contributed by atoms with Crippen LogP contribution in [0.4, 0.5) is 0 Å². The number of benzene rings is 2. The lowest BCUT2D eigenvalue weighted by molar-refractivity contribution is 0.287. The zero-order valence-corrected chi connectivity index (χ0v) is 15.1. The summed E-state index contributed by atoms with van der Waals surface area (Å²) in [7, 11) is 1.71. The van der Waals surface area contributed by atoms with Gasteiger partial charge in [0.15, 0.2) is 11.5 Å². The van der Waals surface area contributed by atoms with Crippen LogP contribution >= 0.6 is 0 Å². The van der Waals surface area contributed by atoms with E-state index in [1.165, 1.54) is 16.7 Å². The van der Waals surface area contributed by atoms with Crippen molar-refractivity contribution in [2.45, 2.75) is 32.2 Å². The predicted octanol–water partition coefficient (Wildman–Crippen LogP) is 4.77. The highest BCUT2D eigenvalue weighted by Gasteiger charge is 2.21. The molecule has 3 nitrogen and oxygen atoms in total. The number of fused-ring (bicyclic) bond motifs is 1. The standard InChI is InChI=1S/C22H27NO2/c1-3-4-14-25-22-15-18-12-13-23-20(19(18)16-21(22)24-2)11-10-17-8-6-5-7-9-17/h5-11,15-16,20,23H,3-4,12-14H2,1-2H3/b11-10+. The van der Waals surface area contributed by atoms with Gasteiger partial charge in [-0.25, -0.2) is 0 Å². The molecule has 0 saturated carbocycles. The normalized spacial score (nSPS) is 16.6. The second-order valence-electron chi connectivity index (χ2n) is 6.36. The molecule has 2 aromatic rings. The lowest BCUT2D eigenvalue weighted by Crippen LogP contribution is -2.28. The third kappa shape index (κ3) is 4.43. The molecule has 0 aromatic heterocycles. The van der Waals surface area contributed by atoms with Crippen molar-refractivity contribution in [3.05, 3.63) is 65.2 Å². The molecule has 0 fully saturated rings. The van der Waals surface area contributed by atoms with Crippen LogP contribution in [0.25, 0.3) is 6.08 Å². The fraction of sp³-hybridized carbons (Fsp3) is 0.364. The first-order valence-electron chi connectivity index (χ1n) is 9.12. The van der Waals surface area contributed by atoms with Gasteiger partial charge in [-0.2, -0.15) is 0 Å². The molecule has 132 valence electrons. The molecule has 0 bridgehead atoms. The van der Waals surface area contributed by atoms with Gasteiger partial charge in [-0.05, 0) is 41.7 Å². The number of methoxy groups -OCH3 is 1.